The van der Waals surface area contributed by atoms with Crippen LogP contribution < -0.4 is 10.2 Å². The van der Waals surface area contributed by atoms with Gasteiger partial charge in [-0.25, -0.2) is 19.2 Å². The highest BCUT2D eigenvalue weighted by molar-refractivity contribution is 5.74. The number of aromatic nitrogens is 2. The standard InChI is InChI=1S/C21H27FN6O2/c22-18-4-1-3-17(15-18)19(26-11-13-30-14-12-26)16-25-21(29)28-9-7-27(8-10-28)20-23-5-2-6-24-20/h1-6,15,19H,7-14,16H2,(H,25,29). The second-order valence-electron chi connectivity index (χ2n) is 7.43. The lowest BCUT2D eigenvalue weighted by molar-refractivity contribution is 0.0164. The van der Waals surface area contributed by atoms with Crippen molar-refractivity contribution in [3.63, 3.8) is 0 Å². The van der Waals surface area contributed by atoms with Crippen LogP contribution in [0.25, 0.3) is 0 Å². The van der Waals surface area contributed by atoms with Gasteiger partial charge >= 0.3 is 6.03 Å². The van der Waals surface area contributed by atoms with E-state index < -0.39 is 0 Å². The molecule has 160 valence electrons. The summed E-state index contributed by atoms with van der Waals surface area (Å²) in [5, 5.41) is 3.05. The van der Waals surface area contributed by atoms with Gasteiger partial charge in [0.25, 0.3) is 0 Å². The Morgan fingerprint density at radius 2 is 1.80 bits per heavy atom. The molecular formula is C21H27FN6O2. The van der Waals surface area contributed by atoms with Crippen LogP contribution in [-0.2, 0) is 4.74 Å². The summed E-state index contributed by atoms with van der Waals surface area (Å²) >= 11 is 0. The van der Waals surface area contributed by atoms with Gasteiger partial charge in [0.05, 0.1) is 19.3 Å². The van der Waals surface area contributed by atoms with Crippen molar-refractivity contribution in [3.8, 4) is 0 Å². The zero-order valence-electron chi connectivity index (χ0n) is 16.9. The van der Waals surface area contributed by atoms with Crippen LogP contribution in [0.5, 0.6) is 0 Å². The van der Waals surface area contributed by atoms with Gasteiger partial charge < -0.3 is 19.9 Å². The minimum absolute atomic E-state index is 0.0902. The molecule has 2 aliphatic rings. The lowest BCUT2D eigenvalue weighted by Crippen LogP contribution is -2.53. The van der Waals surface area contributed by atoms with Gasteiger partial charge in [0.1, 0.15) is 5.82 Å². The van der Waals surface area contributed by atoms with Crippen molar-refractivity contribution in [1.82, 2.24) is 25.1 Å². The van der Waals surface area contributed by atoms with Crippen molar-refractivity contribution in [1.29, 1.82) is 0 Å². The number of nitrogens with one attached hydrogen (secondary N) is 1. The molecule has 0 radical (unpaired) electrons. The van der Waals surface area contributed by atoms with E-state index in [1.165, 1.54) is 6.07 Å². The number of piperazine rings is 1. The molecule has 4 rings (SSSR count). The van der Waals surface area contributed by atoms with Crippen molar-refractivity contribution >= 4 is 12.0 Å². The molecule has 1 N–H and O–H groups in total. The molecule has 2 aromatic rings. The molecule has 0 saturated carbocycles. The summed E-state index contributed by atoms with van der Waals surface area (Å²) in [5.74, 6) is 0.424. The van der Waals surface area contributed by atoms with Crippen molar-refractivity contribution in [2.75, 3.05) is 63.9 Å². The number of halogens is 1. The van der Waals surface area contributed by atoms with E-state index in [9.17, 15) is 9.18 Å². The quantitative estimate of drug-likeness (QED) is 0.800. The Morgan fingerprint density at radius 1 is 1.07 bits per heavy atom. The largest absolute Gasteiger partial charge is 0.379 e. The Hall–Kier alpha value is -2.78. The SMILES string of the molecule is O=C(NCC(c1cccc(F)c1)N1CCOCC1)N1CCN(c2ncccn2)CC1. The Balaban J connectivity index is 1.34. The number of carbonyl (C=O) groups is 1. The first-order valence-corrected chi connectivity index (χ1v) is 10.3. The van der Waals surface area contributed by atoms with Crippen molar-refractivity contribution in [3.05, 3.63) is 54.1 Å². The lowest BCUT2D eigenvalue weighted by atomic mass is 10.0. The van der Waals surface area contributed by atoms with E-state index in [0.29, 0.717) is 51.9 Å². The molecule has 8 nitrogen and oxygen atoms in total. The monoisotopic (exact) mass is 414 g/mol. The molecule has 9 heteroatoms. The second kappa shape index (κ2) is 9.82. The van der Waals surface area contributed by atoms with Crippen LogP contribution in [0.4, 0.5) is 15.1 Å². The van der Waals surface area contributed by atoms with Gasteiger partial charge in [-0.1, -0.05) is 12.1 Å². The number of carbonyl (C=O) groups excluding carboxylic acids is 1. The third kappa shape index (κ3) is 5.03. The average Bonchev–Trinajstić information content (AvgIpc) is 2.80. The minimum Gasteiger partial charge on any atom is -0.379 e. The topological polar surface area (TPSA) is 73.8 Å². The van der Waals surface area contributed by atoms with E-state index >= 15 is 0 Å². The fourth-order valence-electron chi connectivity index (χ4n) is 3.92. The van der Waals surface area contributed by atoms with Gasteiger partial charge in [0.15, 0.2) is 0 Å². The first kappa shape index (κ1) is 20.5. The number of ether oxygens (including phenoxy) is 1. The molecule has 2 fully saturated rings. The summed E-state index contributed by atoms with van der Waals surface area (Å²) in [5.41, 5.74) is 0.864. The number of benzene rings is 1. The fraction of sp³-hybridized carbons (Fsp3) is 0.476. The van der Waals surface area contributed by atoms with E-state index in [-0.39, 0.29) is 17.9 Å². The maximum absolute atomic E-state index is 13.8. The third-order valence-corrected chi connectivity index (χ3v) is 5.57. The molecule has 1 aromatic heterocycles. The van der Waals surface area contributed by atoms with Crippen LogP contribution in [0.1, 0.15) is 11.6 Å². The van der Waals surface area contributed by atoms with Crippen molar-refractivity contribution in [2.45, 2.75) is 6.04 Å². The van der Waals surface area contributed by atoms with E-state index in [1.807, 2.05) is 6.07 Å². The maximum Gasteiger partial charge on any atom is 0.317 e. The Labute approximate surface area is 175 Å². The molecular weight excluding hydrogens is 387 g/mol. The highest BCUT2D eigenvalue weighted by Gasteiger charge is 2.26. The normalized spacial score (nSPS) is 18.8. The van der Waals surface area contributed by atoms with Crippen LogP contribution in [0.2, 0.25) is 0 Å². The molecule has 30 heavy (non-hydrogen) atoms. The molecule has 1 aromatic carbocycles. The number of anilines is 1. The fourth-order valence-corrected chi connectivity index (χ4v) is 3.92. The van der Waals surface area contributed by atoms with Gasteiger partial charge in [-0.15, -0.1) is 0 Å². The first-order chi connectivity index (χ1) is 14.7. The average molecular weight is 414 g/mol. The van der Waals surface area contributed by atoms with Crippen LogP contribution in [0.3, 0.4) is 0 Å². The summed E-state index contributed by atoms with van der Waals surface area (Å²) in [7, 11) is 0. The number of nitrogens with zero attached hydrogens (tertiary/aromatic N) is 5. The molecule has 0 spiro atoms. The predicted octanol–water partition coefficient (Wildman–Crippen LogP) is 1.52. The van der Waals surface area contributed by atoms with Crippen LogP contribution in [0, 0.1) is 5.82 Å². The molecule has 2 aliphatic heterocycles. The Morgan fingerprint density at radius 3 is 2.50 bits per heavy atom. The summed E-state index contributed by atoms with van der Waals surface area (Å²) in [6.45, 7) is 5.80. The van der Waals surface area contributed by atoms with Crippen molar-refractivity contribution < 1.29 is 13.9 Å². The molecule has 2 amide bonds. The number of amides is 2. The summed E-state index contributed by atoms with van der Waals surface area (Å²) in [6, 6.07) is 8.21. The summed E-state index contributed by atoms with van der Waals surface area (Å²) in [4.78, 5) is 27.4. The predicted molar refractivity (Wildman–Crippen MR) is 111 cm³/mol. The van der Waals surface area contributed by atoms with Gasteiger partial charge in [-0.3, -0.25) is 4.90 Å². The summed E-state index contributed by atoms with van der Waals surface area (Å²) in [6.07, 6.45) is 3.44. The number of hydrogen-bond acceptors (Lipinski definition) is 6. The molecule has 0 bridgehead atoms. The lowest BCUT2D eigenvalue weighted by Gasteiger charge is -2.37. The van der Waals surface area contributed by atoms with Gasteiger partial charge in [-0.05, 0) is 23.8 Å². The number of urea groups is 1. The van der Waals surface area contributed by atoms with E-state index in [0.717, 1.165) is 18.7 Å². The van der Waals surface area contributed by atoms with Crippen molar-refractivity contribution in [2.24, 2.45) is 0 Å². The number of morpholine rings is 1. The van der Waals surface area contributed by atoms with Gasteiger partial charge in [0, 0.05) is 58.2 Å². The maximum atomic E-state index is 13.8. The molecule has 3 heterocycles. The number of rotatable bonds is 5. The molecule has 1 atom stereocenters. The van der Waals surface area contributed by atoms with E-state index in [2.05, 4.69) is 25.1 Å². The Bertz CT molecular complexity index is 825. The highest BCUT2D eigenvalue weighted by atomic mass is 19.1. The van der Waals surface area contributed by atoms with Crippen LogP contribution in [-0.4, -0.2) is 84.8 Å². The molecule has 2 saturated heterocycles. The number of hydrogen-bond donors (Lipinski definition) is 1. The zero-order chi connectivity index (χ0) is 20.8. The second-order valence-corrected chi connectivity index (χ2v) is 7.43. The van der Waals surface area contributed by atoms with E-state index in [1.54, 1.807) is 35.5 Å². The Kier molecular flexibility index (Phi) is 6.70. The smallest absolute Gasteiger partial charge is 0.317 e. The third-order valence-electron chi connectivity index (χ3n) is 5.57. The van der Waals surface area contributed by atoms with E-state index in [4.69, 9.17) is 4.74 Å². The first-order valence-electron chi connectivity index (χ1n) is 10.3. The van der Waals surface area contributed by atoms with Gasteiger partial charge in [-0.2, -0.15) is 0 Å². The molecule has 0 aliphatic carbocycles. The zero-order valence-corrected chi connectivity index (χ0v) is 16.9. The highest BCUT2D eigenvalue weighted by Crippen LogP contribution is 2.22. The van der Waals surface area contributed by atoms with Crippen LogP contribution in [0.15, 0.2) is 42.7 Å². The molecule has 1 unspecified atom stereocenters. The van der Waals surface area contributed by atoms with Crippen LogP contribution >= 0.6 is 0 Å². The summed E-state index contributed by atoms with van der Waals surface area (Å²) < 4.78 is 19.3. The van der Waals surface area contributed by atoms with Gasteiger partial charge in [0.2, 0.25) is 5.95 Å². The minimum atomic E-state index is -0.267.